The standard InChI is InChI=1S/C20H20N2O2S/c1-2-15-8-10-16(11-9-15)21-19(23)12-17-14-25-20(22-17)13-24-18-6-4-3-5-7-18/h3-11,14H,2,12-13H2,1H3,(H,21,23). The number of para-hydroxylation sites is 1. The normalized spacial score (nSPS) is 10.4. The molecule has 1 aromatic heterocycles. The summed E-state index contributed by atoms with van der Waals surface area (Å²) in [6.45, 7) is 2.52. The molecule has 0 aliphatic carbocycles. The molecule has 0 aliphatic rings. The average molecular weight is 352 g/mol. The van der Waals surface area contributed by atoms with Gasteiger partial charge in [-0.3, -0.25) is 4.79 Å². The molecule has 0 saturated carbocycles. The molecule has 0 unspecified atom stereocenters. The van der Waals surface area contributed by atoms with E-state index in [1.807, 2.05) is 60.0 Å². The van der Waals surface area contributed by atoms with E-state index < -0.39 is 0 Å². The molecule has 25 heavy (non-hydrogen) atoms. The molecule has 1 amide bonds. The molecule has 3 rings (SSSR count). The number of aromatic nitrogens is 1. The fourth-order valence-corrected chi connectivity index (χ4v) is 3.06. The molecule has 2 aromatic carbocycles. The third-order valence-electron chi connectivity index (χ3n) is 3.69. The van der Waals surface area contributed by atoms with Crippen molar-refractivity contribution in [3.05, 3.63) is 76.2 Å². The molecule has 1 N–H and O–H groups in total. The minimum Gasteiger partial charge on any atom is -0.486 e. The van der Waals surface area contributed by atoms with Crippen molar-refractivity contribution in [3.63, 3.8) is 0 Å². The van der Waals surface area contributed by atoms with Crippen LogP contribution in [0.5, 0.6) is 5.75 Å². The predicted octanol–water partition coefficient (Wildman–Crippen LogP) is 4.47. The van der Waals surface area contributed by atoms with Crippen LogP contribution >= 0.6 is 11.3 Å². The van der Waals surface area contributed by atoms with Crippen molar-refractivity contribution in [3.8, 4) is 5.75 Å². The van der Waals surface area contributed by atoms with Crippen molar-refractivity contribution in [1.29, 1.82) is 0 Å². The fraction of sp³-hybridized carbons (Fsp3) is 0.200. The quantitative estimate of drug-likeness (QED) is 0.683. The first-order valence-corrected chi connectivity index (χ1v) is 9.11. The van der Waals surface area contributed by atoms with E-state index in [4.69, 9.17) is 4.74 Å². The minimum absolute atomic E-state index is 0.0647. The van der Waals surface area contributed by atoms with Crippen molar-refractivity contribution in [2.24, 2.45) is 0 Å². The van der Waals surface area contributed by atoms with E-state index in [2.05, 4.69) is 17.2 Å². The zero-order chi connectivity index (χ0) is 17.5. The first-order valence-electron chi connectivity index (χ1n) is 8.23. The van der Waals surface area contributed by atoms with Gasteiger partial charge >= 0.3 is 0 Å². The molecular weight excluding hydrogens is 332 g/mol. The number of nitrogens with one attached hydrogen (secondary N) is 1. The SMILES string of the molecule is CCc1ccc(NC(=O)Cc2csc(COc3ccccc3)n2)cc1. The van der Waals surface area contributed by atoms with Gasteiger partial charge in [-0.15, -0.1) is 11.3 Å². The maximum Gasteiger partial charge on any atom is 0.230 e. The summed E-state index contributed by atoms with van der Waals surface area (Å²) >= 11 is 1.51. The molecule has 0 fully saturated rings. The van der Waals surface area contributed by atoms with Crippen LogP contribution in [0.1, 0.15) is 23.2 Å². The number of rotatable bonds is 7. The van der Waals surface area contributed by atoms with Crippen LogP contribution in [0.15, 0.2) is 60.0 Å². The lowest BCUT2D eigenvalue weighted by Gasteiger charge is -2.05. The number of aryl methyl sites for hydroxylation is 1. The Morgan fingerprint density at radius 3 is 2.60 bits per heavy atom. The van der Waals surface area contributed by atoms with Gasteiger partial charge in [-0.05, 0) is 36.2 Å². The Balaban J connectivity index is 1.50. The van der Waals surface area contributed by atoms with Gasteiger partial charge in [0, 0.05) is 11.1 Å². The lowest BCUT2D eigenvalue weighted by Crippen LogP contribution is -2.14. The first kappa shape index (κ1) is 17.2. The molecule has 5 heteroatoms. The number of thiazole rings is 1. The van der Waals surface area contributed by atoms with E-state index in [9.17, 15) is 4.79 Å². The van der Waals surface area contributed by atoms with E-state index >= 15 is 0 Å². The van der Waals surface area contributed by atoms with Gasteiger partial charge < -0.3 is 10.1 Å². The molecule has 0 bridgehead atoms. The second kappa shape index (κ2) is 8.44. The Morgan fingerprint density at radius 1 is 1.12 bits per heavy atom. The molecular formula is C20H20N2O2S. The van der Waals surface area contributed by atoms with Gasteiger partial charge in [0.1, 0.15) is 17.4 Å². The summed E-state index contributed by atoms with van der Waals surface area (Å²) in [4.78, 5) is 16.6. The van der Waals surface area contributed by atoms with E-state index in [1.165, 1.54) is 16.9 Å². The highest BCUT2D eigenvalue weighted by molar-refractivity contribution is 7.09. The number of hydrogen-bond acceptors (Lipinski definition) is 4. The number of amides is 1. The Bertz CT molecular complexity index is 813. The van der Waals surface area contributed by atoms with Crippen LogP contribution in [0.25, 0.3) is 0 Å². The zero-order valence-corrected chi connectivity index (χ0v) is 14.9. The second-order valence-electron chi connectivity index (χ2n) is 5.61. The van der Waals surface area contributed by atoms with Crippen molar-refractivity contribution in [2.75, 3.05) is 5.32 Å². The van der Waals surface area contributed by atoms with Crippen LogP contribution < -0.4 is 10.1 Å². The van der Waals surface area contributed by atoms with Gasteiger partial charge in [0.15, 0.2) is 0 Å². The van der Waals surface area contributed by atoms with Crippen molar-refractivity contribution < 1.29 is 9.53 Å². The molecule has 0 aliphatic heterocycles. The van der Waals surface area contributed by atoms with E-state index in [0.29, 0.717) is 6.61 Å². The van der Waals surface area contributed by atoms with Crippen molar-refractivity contribution in [1.82, 2.24) is 4.98 Å². The Morgan fingerprint density at radius 2 is 1.88 bits per heavy atom. The van der Waals surface area contributed by atoms with Crippen LogP contribution in [-0.4, -0.2) is 10.9 Å². The second-order valence-corrected chi connectivity index (χ2v) is 6.55. The van der Waals surface area contributed by atoms with Gasteiger partial charge in [-0.25, -0.2) is 4.98 Å². The lowest BCUT2D eigenvalue weighted by atomic mass is 10.1. The average Bonchev–Trinajstić information content (AvgIpc) is 3.08. The highest BCUT2D eigenvalue weighted by Crippen LogP contribution is 2.16. The third-order valence-corrected chi connectivity index (χ3v) is 4.56. The molecule has 0 radical (unpaired) electrons. The van der Waals surface area contributed by atoms with Gasteiger partial charge in [0.05, 0.1) is 12.1 Å². The maximum atomic E-state index is 12.1. The number of carbonyl (C=O) groups is 1. The number of benzene rings is 2. The Hall–Kier alpha value is -2.66. The number of carbonyl (C=O) groups excluding carboxylic acids is 1. The van der Waals surface area contributed by atoms with Gasteiger partial charge in [-0.1, -0.05) is 37.3 Å². The third kappa shape index (κ3) is 5.16. The maximum absolute atomic E-state index is 12.1. The summed E-state index contributed by atoms with van der Waals surface area (Å²) in [5.74, 6) is 0.748. The topological polar surface area (TPSA) is 51.2 Å². The van der Waals surface area contributed by atoms with Crippen LogP contribution in [-0.2, 0) is 24.2 Å². The summed E-state index contributed by atoms with van der Waals surface area (Å²) in [7, 11) is 0. The largest absolute Gasteiger partial charge is 0.486 e. The highest BCUT2D eigenvalue weighted by atomic mass is 32.1. The monoisotopic (exact) mass is 352 g/mol. The molecule has 128 valence electrons. The Labute approximate surface area is 151 Å². The van der Waals surface area contributed by atoms with Crippen LogP contribution in [0, 0.1) is 0 Å². The Kier molecular flexibility index (Phi) is 5.80. The molecule has 1 heterocycles. The number of hydrogen-bond donors (Lipinski definition) is 1. The number of nitrogens with zero attached hydrogens (tertiary/aromatic N) is 1. The van der Waals surface area contributed by atoms with E-state index in [0.717, 1.165) is 28.6 Å². The summed E-state index contributed by atoms with van der Waals surface area (Å²) in [6, 6.07) is 17.5. The van der Waals surface area contributed by atoms with Crippen molar-refractivity contribution in [2.45, 2.75) is 26.4 Å². The summed E-state index contributed by atoms with van der Waals surface area (Å²) in [6.07, 6.45) is 1.25. The van der Waals surface area contributed by atoms with Gasteiger partial charge in [0.2, 0.25) is 5.91 Å². The molecule has 0 saturated heterocycles. The highest BCUT2D eigenvalue weighted by Gasteiger charge is 2.09. The van der Waals surface area contributed by atoms with Crippen LogP contribution in [0.2, 0.25) is 0 Å². The number of anilines is 1. The number of ether oxygens (including phenoxy) is 1. The fourth-order valence-electron chi connectivity index (χ4n) is 2.35. The molecule has 4 nitrogen and oxygen atoms in total. The van der Waals surface area contributed by atoms with E-state index in [-0.39, 0.29) is 12.3 Å². The summed E-state index contributed by atoms with van der Waals surface area (Å²) in [5, 5.41) is 5.67. The predicted molar refractivity (Wildman–Crippen MR) is 101 cm³/mol. The summed E-state index contributed by atoms with van der Waals surface area (Å²) < 4.78 is 5.68. The van der Waals surface area contributed by atoms with E-state index in [1.54, 1.807) is 0 Å². The van der Waals surface area contributed by atoms with Gasteiger partial charge in [0.25, 0.3) is 0 Å². The lowest BCUT2D eigenvalue weighted by molar-refractivity contribution is -0.115. The van der Waals surface area contributed by atoms with Crippen LogP contribution in [0.4, 0.5) is 5.69 Å². The minimum atomic E-state index is -0.0647. The molecule has 0 spiro atoms. The van der Waals surface area contributed by atoms with Crippen molar-refractivity contribution >= 4 is 22.9 Å². The van der Waals surface area contributed by atoms with Crippen LogP contribution in [0.3, 0.4) is 0 Å². The molecule has 3 aromatic rings. The molecule has 0 atom stereocenters. The zero-order valence-electron chi connectivity index (χ0n) is 14.1. The first-order chi connectivity index (χ1) is 12.2. The van der Waals surface area contributed by atoms with Gasteiger partial charge in [-0.2, -0.15) is 0 Å². The smallest absolute Gasteiger partial charge is 0.230 e. The summed E-state index contributed by atoms with van der Waals surface area (Å²) in [5.41, 5.74) is 2.82.